The van der Waals surface area contributed by atoms with Crippen molar-refractivity contribution in [2.75, 3.05) is 18.0 Å². The Morgan fingerprint density at radius 1 is 0.929 bits per heavy atom. The Morgan fingerprint density at radius 2 is 1.68 bits per heavy atom. The number of esters is 1. The Labute approximate surface area is 163 Å². The van der Waals surface area contributed by atoms with E-state index in [4.69, 9.17) is 9.47 Å². The molecule has 1 atom stereocenters. The summed E-state index contributed by atoms with van der Waals surface area (Å²) in [4.78, 5) is 23.3. The fraction of sp³-hybridized carbons (Fsp3) is 0.227. The van der Waals surface area contributed by atoms with Crippen LogP contribution in [-0.4, -0.2) is 29.0 Å². The molecule has 1 aliphatic rings. The van der Waals surface area contributed by atoms with Crippen LogP contribution in [0.15, 0.2) is 73.1 Å². The van der Waals surface area contributed by atoms with Crippen molar-refractivity contribution in [3.05, 3.63) is 73.1 Å². The van der Waals surface area contributed by atoms with E-state index in [2.05, 4.69) is 9.97 Å². The summed E-state index contributed by atoms with van der Waals surface area (Å²) in [5.74, 6) is 2.04. The summed E-state index contributed by atoms with van der Waals surface area (Å²) in [7, 11) is 0. The van der Waals surface area contributed by atoms with Crippen molar-refractivity contribution in [1.82, 2.24) is 9.97 Å². The number of aromatic nitrogens is 2. The number of para-hydroxylation sites is 1. The molecule has 0 spiro atoms. The second-order valence-corrected chi connectivity index (χ2v) is 6.65. The molecule has 6 nitrogen and oxygen atoms in total. The molecule has 0 radical (unpaired) electrons. The Morgan fingerprint density at radius 3 is 2.50 bits per heavy atom. The fourth-order valence-corrected chi connectivity index (χ4v) is 3.23. The molecular formula is C22H21N3O3. The summed E-state index contributed by atoms with van der Waals surface area (Å²) in [5, 5.41) is 0. The van der Waals surface area contributed by atoms with Crippen LogP contribution in [0.3, 0.4) is 0 Å². The van der Waals surface area contributed by atoms with E-state index in [0.717, 1.165) is 25.1 Å². The van der Waals surface area contributed by atoms with E-state index in [1.54, 1.807) is 30.6 Å². The highest BCUT2D eigenvalue weighted by molar-refractivity contribution is 5.76. The van der Waals surface area contributed by atoms with E-state index in [1.165, 1.54) is 0 Å². The third-order valence-corrected chi connectivity index (χ3v) is 4.59. The summed E-state index contributed by atoms with van der Waals surface area (Å²) in [6.45, 7) is 1.40. The second kappa shape index (κ2) is 8.52. The van der Waals surface area contributed by atoms with Crippen LogP contribution in [0.5, 0.6) is 17.2 Å². The normalized spacial score (nSPS) is 16.4. The molecule has 6 heteroatoms. The monoisotopic (exact) mass is 375 g/mol. The summed E-state index contributed by atoms with van der Waals surface area (Å²) in [5.41, 5.74) is 0. The predicted octanol–water partition coefficient (Wildman–Crippen LogP) is 4.09. The average molecular weight is 375 g/mol. The molecule has 2 aromatic carbocycles. The van der Waals surface area contributed by atoms with Crippen molar-refractivity contribution in [3.8, 4) is 17.2 Å². The van der Waals surface area contributed by atoms with E-state index in [-0.39, 0.29) is 11.9 Å². The number of carbonyl (C=O) groups excluding carboxylic acids is 1. The number of benzene rings is 2. The first-order valence-corrected chi connectivity index (χ1v) is 9.34. The minimum atomic E-state index is -0.238. The van der Waals surface area contributed by atoms with Gasteiger partial charge in [0, 0.05) is 31.5 Å². The van der Waals surface area contributed by atoms with Gasteiger partial charge in [0.05, 0.1) is 5.92 Å². The van der Waals surface area contributed by atoms with Crippen molar-refractivity contribution in [1.29, 1.82) is 0 Å². The first-order chi connectivity index (χ1) is 13.8. The lowest BCUT2D eigenvalue weighted by Gasteiger charge is -2.31. The molecule has 0 amide bonds. The highest BCUT2D eigenvalue weighted by atomic mass is 16.5. The van der Waals surface area contributed by atoms with E-state index >= 15 is 0 Å². The third kappa shape index (κ3) is 4.46. The lowest BCUT2D eigenvalue weighted by atomic mass is 9.98. The van der Waals surface area contributed by atoms with Gasteiger partial charge in [-0.3, -0.25) is 4.79 Å². The molecule has 0 unspecified atom stereocenters. The Hall–Kier alpha value is -3.41. The predicted molar refractivity (Wildman–Crippen MR) is 106 cm³/mol. The van der Waals surface area contributed by atoms with Crippen LogP contribution in [0.4, 0.5) is 5.95 Å². The molecule has 1 fully saturated rings. The van der Waals surface area contributed by atoms with Crippen LogP contribution in [0.2, 0.25) is 0 Å². The Bertz CT molecular complexity index is 919. The maximum atomic E-state index is 12.7. The molecule has 1 saturated heterocycles. The fourth-order valence-electron chi connectivity index (χ4n) is 3.23. The number of hydrogen-bond acceptors (Lipinski definition) is 6. The average Bonchev–Trinajstić information content (AvgIpc) is 2.75. The second-order valence-electron chi connectivity index (χ2n) is 6.65. The molecule has 0 saturated carbocycles. The Balaban J connectivity index is 1.40. The van der Waals surface area contributed by atoms with E-state index in [1.807, 2.05) is 47.4 Å². The first-order valence-electron chi connectivity index (χ1n) is 9.34. The van der Waals surface area contributed by atoms with Crippen molar-refractivity contribution >= 4 is 11.9 Å². The van der Waals surface area contributed by atoms with E-state index in [0.29, 0.717) is 24.0 Å². The van der Waals surface area contributed by atoms with Crippen LogP contribution in [0, 0.1) is 5.92 Å². The van der Waals surface area contributed by atoms with Gasteiger partial charge in [-0.1, -0.05) is 24.3 Å². The maximum absolute atomic E-state index is 12.7. The number of carbonyl (C=O) groups is 1. The van der Waals surface area contributed by atoms with Crippen molar-refractivity contribution in [2.24, 2.45) is 5.92 Å². The smallest absolute Gasteiger partial charge is 0.316 e. The summed E-state index contributed by atoms with van der Waals surface area (Å²) in [6.07, 6.45) is 5.11. The first kappa shape index (κ1) is 18.0. The zero-order chi connectivity index (χ0) is 19.2. The molecule has 4 rings (SSSR count). The number of anilines is 1. The maximum Gasteiger partial charge on any atom is 0.316 e. The number of piperidine rings is 1. The van der Waals surface area contributed by atoms with Gasteiger partial charge in [0.15, 0.2) is 0 Å². The van der Waals surface area contributed by atoms with Crippen LogP contribution in [-0.2, 0) is 4.79 Å². The number of hydrogen-bond donors (Lipinski definition) is 0. The van der Waals surface area contributed by atoms with E-state index in [9.17, 15) is 4.79 Å². The van der Waals surface area contributed by atoms with Crippen LogP contribution >= 0.6 is 0 Å². The lowest BCUT2D eigenvalue weighted by molar-refractivity contribution is -0.139. The molecule has 142 valence electrons. The van der Waals surface area contributed by atoms with Crippen LogP contribution in [0.25, 0.3) is 0 Å². The molecule has 28 heavy (non-hydrogen) atoms. The van der Waals surface area contributed by atoms with Crippen LogP contribution in [0.1, 0.15) is 12.8 Å². The molecule has 1 aromatic heterocycles. The topological polar surface area (TPSA) is 64.6 Å². The molecule has 0 bridgehead atoms. The highest BCUT2D eigenvalue weighted by Gasteiger charge is 2.28. The van der Waals surface area contributed by atoms with Crippen molar-refractivity contribution < 1.29 is 14.3 Å². The highest BCUT2D eigenvalue weighted by Crippen LogP contribution is 2.27. The molecule has 1 aliphatic heterocycles. The van der Waals surface area contributed by atoms with Gasteiger partial charge >= 0.3 is 5.97 Å². The Kier molecular flexibility index (Phi) is 5.47. The van der Waals surface area contributed by atoms with Gasteiger partial charge in [0.25, 0.3) is 0 Å². The largest absolute Gasteiger partial charge is 0.457 e. The lowest BCUT2D eigenvalue weighted by Crippen LogP contribution is -2.41. The minimum Gasteiger partial charge on any atom is -0.457 e. The van der Waals surface area contributed by atoms with Crippen molar-refractivity contribution in [3.63, 3.8) is 0 Å². The van der Waals surface area contributed by atoms with Gasteiger partial charge in [-0.15, -0.1) is 0 Å². The molecule has 0 N–H and O–H groups in total. The van der Waals surface area contributed by atoms with Gasteiger partial charge in [0.1, 0.15) is 17.2 Å². The standard InChI is InChI=1S/C22H21N3O3/c26-21(17-7-5-14-25(16-17)22-23-12-6-13-24-22)28-20-11-4-10-19(15-20)27-18-8-2-1-3-9-18/h1-4,6,8-13,15,17H,5,7,14,16H2/t17-/m0/s1. The third-order valence-electron chi connectivity index (χ3n) is 4.59. The van der Waals surface area contributed by atoms with Gasteiger partial charge in [-0.05, 0) is 43.2 Å². The van der Waals surface area contributed by atoms with Gasteiger partial charge in [-0.2, -0.15) is 0 Å². The molecular weight excluding hydrogens is 354 g/mol. The molecule has 0 aliphatic carbocycles. The van der Waals surface area contributed by atoms with Crippen LogP contribution < -0.4 is 14.4 Å². The minimum absolute atomic E-state index is 0.212. The van der Waals surface area contributed by atoms with Crippen molar-refractivity contribution in [2.45, 2.75) is 12.8 Å². The zero-order valence-corrected chi connectivity index (χ0v) is 15.4. The summed E-state index contributed by atoms with van der Waals surface area (Å²) in [6, 6.07) is 18.4. The van der Waals surface area contributed by atoms with E-state index < -0.39 is 0 Å². The summed E-state index contributed by atoms with van der Waals surface area (Å²) < 4.78 is 11.4. The van der Waals surface area contributed by atoms with Gasteiger partial charge in [-0.25, -0.2) is 9.97 Å². The number of rotatable bonds is 5. The number of ether oxygens (including phenoxy) is 2. The van der Waals surface area contributed by atoms with Gasteiger partial charge in [0.2, 0.25) is 5.95 Å². The quantitative estimate of drug-likeness (QED) is 0.494. The molecule has 2 heterocycles. The van der Waals surface area contributed by atoms with Gasteiger partial charge < -0.3 is 14.4 Å². The number of nitrogens with zero attached hydrogens (tertiary/aromatic N) is 3. The summed E-state index contributed by atoms with van der Waals surface area (Å²) >= 11 is 0. The SMILES string of the molecule is O=C(Oc1cccc(Oc2ccccc2)c1)[C@H]1CCCN(c2ncccn2)C1. The zero-order valence-electron chi connectivity index (χ0n) is 15.4. The molecule has 3 aromatic rings.